The first-order chi connectivity index (χ1) is 10.1. The molecule has 0 bridgehead atoms. The van der Waals surface area contributed by atoms with Crippen molar-refractivity contribution in [3.63, 3.8) is 0 Å². The maximum atomic E-state index is 10.8. The highest BCUT2D eigenvalue weighted by atomic mass is 16.4. The Kier molecular flexibility index (Phi) is 5.43. The van der Waals surface area contributed by atoms with E-state index in [9.17, 15) is 4.79 Å². The standard InChI is InChI=1S/C18H25NO2/c1-3-19(16-7-5-4-6-8-16)17-11-9-14(2)13-15(17)10-12-18(20)21/h9-13,16H,3-8H2,1-2H3,(H,20,21)/b12-10+. The van der Waals surface area contributed by atoms with Crippen LogP contribution in [-0.2, 0) is 4.79 Å². The zero-order valence-corrected chi connectivity index (χ0v) is 13.0. The summed E-state index contributed by atoms with van der Waals surface area (Å²) in [7, 11) is 0. The Morgan fingerprint density at radius 3 is 2.67 bits per heavy atom. The molecule has 3 nitrogen and oxygen atoms in total. The van der Waals surface area contributed by atoms with Gasteiger partial charge < -0.3 is 10.0 Å². The second-order valence-electron chi connectivity index (χ2n) is 5.81. The first-order valence-corrected chi connectivity index (χ1v) is 7.90. The number of carboxylic acids is 1. The highest BCUT2D eigenvalue weighted by Crippen LogP contribution is 2.30. The van der Waals surface area contributed by atoms with Crippen LogP contribution in [0.3, 0.4) is 0 Å². The fourth-order valence-electron chi connectivity index (χ4n) is 3.25. The first kappa shape index (κ1) is 15.6. The molecule has 0 unspecified atom stereocenters. The molecular formula is C18H25NO2. The molecule has 114 valence electrons. The zero-order chi connectivity index (χ0) is 15.2. The lowest BCUT2D eigenvalue weighted by molar-refractivity contribution is -0.131. The smallest absolute Gasteiger partial charge is 0.328 e. The Morgan fingerprint density at radius 2 is 2.05 bits per heavy atom. The quantitative estimate of drug-likeness (QED) is 0.823. The van der Waals surface area contributed by atoms with Crippen molar-refractivity contribution in [3.8, 4) is 0 Å². The van der Waals surface area contributed by atoms with E-state index in [-0.39, 0.29) is 0 Å². The van der Waals surface area contributed by atoms with Gasteiger partial charge in [0.05, 0.1) is 0 Å². The van der Waals surface area contributed by atoms with Crippen molar-refractivity contribution in [2.24, 2.45) is 0 Å². The van der Waals surface area contributed by atoms with Crippen molar-refractivity contribution in [2.45, 2.75) is 52.0 Å². The van der Waals surface area contributed by atoms with Crippen LogP contribution in [0.1, 0.15) is 50.2 Å². The van der Waals surface area contributed by atoms with Crippen LogP contribution in [-0.4, -0.2) is 23.7 Å². The Hall–Kier alpha value is -1.77. The van der Waals surface area contributed by atoms with Gasteiger partial charge in [-0.25, -0.2) is 4.79 Å². The molecule has 0 amide bonds. The van der Waals surface area contributed by atoms with Gasteiger partial charge in [-0.15, -0.1) is 0 Å². The maximum Gasteiger partial charge on any atom is 0.328 e. The summed E-state index contributed by atoms with van der Waals surface area (Å²) in [5.41, 5.74) is 3.32. The van der Waals surface area contributed by atoms with Gasteiger partial charge in [0.2, 0.25) is 0 Å². The molecule has 1 aromatic rings. The average Bonchev–Trinajstić information content (AvgIpc) is 2.48. The third-order valence-electron chi connectivity index (χ3n) is 4.25. The summed E-state index contributed by atoms with van der Waals surface area (Å²) in [6.07, 6.45) is 9.37. The lowest BCUT2D eigenvalue weighted by Gasteiger charge is -2.36. The average molecular weight is 287 g/mol. The summed E-state index contributed by atoms with van der Waals surface area (Å²) in [5.74, 6) is -0.900. The van der Waals surface area contributed by atoms with Crippen molar-refractivity contribution in [1.29, 1.82) is 0 Å². The molecule has 0 radical (unpaired) electrons. The van der Waals surface area contributed by atoms with Crippen molar-refractivity contribution in [2.75, 3.05) is 11.4 Å². The summed E-state index contributed by atoms with van der Waals surface area (Å²) in [6.45, 7) is 5.18. The Labute approximate surface area is 127 Å². The largest absolute Gasteiger partial charge is 0.478 e. The number of carboxylic acid groups (broad SMARTS) is 1. The van der Waals surface area contributed by atoms with Gasteiger partial charge in [-0.05, 0) is 50.5 Å². The second-order valence-corrected chi connectivity index (χ2v) is 5.81. The molecule has 0 aliphatic heterocycles. The zero-order valence-electron chi connectivity index (χ0n) is 13.0. The topological polar surface area (TPSA) is 40.5 Å². The molecule has 1 aliphatic rings. The van der Waals surface area contributed by atoms with Gasteiger partial charge in [0.25, 0.3) is 0 Å². The van der Waals surface area contributed by atoms with Crippen molar-refractivity contribution >= 4 is 17.7 Å². The van der Waals surface area contributed by atoms with E-state index in [1.807, 2.05) is 6.92 Å². The number of hydrogen-bond donors (Lipinski definition) is 1. The molecule has 0 atom stereocenters. The molecule has 1 aromatic carbocycles. The predicted octanol–water partition coefficient (Wildman–Crippen LogP) is 4.25. The number of benzene rings is 1. The molecule has 0 spiro atoms. The highest BCUT2D eigenvalue weighted by molar-refractivity contribution is 5.87. The van der Waals surface area contributed by atoms with Crippen LogP contribution in [0.5, 0.6) is 0 Å². The van der Waals surface area contributed by atoms with Crippen LogP contribution in [0.4, 0.5) is 5.69 Å². The normalized spacial score (nSPS) is 16.3. The maximum absolute atomic E-state index is 10.8. The Balaban J connectivity index is 2.32. The van der Waals surface area contributed by atoms with Crippen molar-refractivity contribution in [1.82, 2.24) is 0 Å². The van der Waals surface area contributed by atoms with Gasteiger partial charge in [0.15, 0.2) is 0 Å². The summed E-state index contributed by atoms with van der Waals surface area (Å²) < 4.78 is 0. The molecule has 0 aromatic heterocycles. The van der Waals surface area contributed by atoms with E-state index in [0.29, 0.717) is 6.04 Å². The minimum Gasteiger partial charge on any atom is -0.478 e. The van der Waals surface area contributed by atoms with Crippen LogP contribution in [0.15, 0.2) is 24.3 Å². The number of nitrogens with zero attached hydrogens (tertiary/aromatic N) is 1. The van der Waals surface area contributed by atoms with E-state index in [4.69, 9.17) is 5.11 Å². The summed E-state index contributed by atoms with van der Waals surface area (Å²) in [5, 5.41) is 8.88. The van der Waals surface area contributed by atoms with Gasteiger partial charge >= 0.3 is 5.97 Å². The van der Waals surface area contributed by atoms with E-state index in [2.05, 4.69) is 30.0 Å². The number of hydrogen-bond acceptors (Lipinski definition) is 2. The molecule has 2 rings (SSSR count). The minimum atomic E-state index is -0.900. The lowest BCUT2D eigenvalue weighted by Crippen LogP contribution is -2.37. The molecule has 0 heterocycles. The van der Waals surface area contributed by atoms with Crippen LogP contribution in [0.2, 0.25) is 0 Å². The fraction of sp³-hybridized carbons (Fsp3) is 0.500. The van der Waals surface area contributed by atoms with Gasteiger partial charge in [-0.1, -0.05) is 30.9 Å². The second kappa shape index (κ2) is 7.30. The Morgan fingerprint density at radius 1 is 1.33 bits per heavy atom. The molecule has 1 saturated carbocycles. The monoisotopic (exact) mass is 287 g/mol. The SMILES string of the molecule is CCN(c1ccc(C)cc1/C=C/C(=O)O)C1CCCCC1. The summed E-state index contributed by atoms with van der Waals surface area (Å²) >= 11 is 0. The first-order valence-electron chi connectivity index (χ1n) is 7.90. The molecule has 1 fully saturated rings. The van der Waals surface area contributed by atoms with Gasteiger partial charge in [0.1, 0.15) is 0 Å². The van der Waals surface area contributed by atoms with Gasteiger partial charge in [0, 0.05) is 24.4 Å². The molecule has 0 saturated heterocycles. The summed E-state index contributed by atoms with van der Waals surface area (Å²) in [4.78, 5) is 13.3. The number of aryl methyl sites for hydroxylation is 1. The van der Waals surface area contributed by atoms with E-state index >= 15 is 0 Å². The Bertz CT molecular complexity index is 516. The molecule has 21 heavy (non-hydrogen) atoms. The molecule has 1 N–H and O–H groups in total. The number of carbonyl (C=O) groups is 1. The summed E-state index contributed by atoms with van der Waals surface area (Å²) in [6, 6.07) is 6.90. The highest BCUT2D eigenvalue weighted by Gasteiger charge is 2.21. The third kappa shape index (κ3) is 4.10. The van der Waals surface area contributed by atoms with Gasteiger partial charge in [-0.2, -0.15) is 0 Å². The van der Waals surface area contributed by atoms with E-state index in [1.54, 1.807) is 6.08 Å². The fourth-order valence-corrected chi connectivity index (χ4v) is 3.25. The number of rotatable bonds is 5. The lowest BCUT2D eigenvalue weighted by atomic mass is 9.93. The van der Waals surface area contributed by atoms with Crippen LogP contribution in [0, 0.1) is 6.92 Å². The molecule has 3 heteroatoms. The van der Waals surface area contributed by atoms with Gasteiger partial charge in [-0.3, -0.25) is 0 Å². The van der Waals surface area contributed by atoms with Crippen molar-refractivity contribution in [3.05, 3.63) is 35.4 Å². The third-order valence-corrected chi connectivity index (χ3v) is 4.25. The predicted molar refractivity (Wildman–Crippen MR) is 87.7 cm³/mol. The molecular weight excluding hydrogens is 262 g/mol. The minimum absolute atomic E-state index is 0.587. The molecule has 1 aliphatic carbocycles. The van der Waals surface area contributed by atoms with E-state index in [0.717, 1.165) is 23.4 Å². The van der Waals surface area contributed by atoms with Crippen LogP contribution >= 0.6 is 0 Å². The van der Waals surface area contributed by atoms with E-state index in [1.165, 1.54) is 38.2 Å². The van der Waals surface area contributed by atoms with E-state index < -0.39 is 5.97 Å². The number of anilines is 1. The van der Waals surface area contributed by atoms with Crippen LogP contribution < -0.4 is 4.90 Å². The van der Waals surface area contributed by atoms with Crippen molar-refractivity contribution < 1.29 is 9.90 Å². The number of aliphatic carboxylic acids is 1. The van der Waals surface area contributed by atoms with Crippen LogP contribution in [0.25, 0.3) is 6.08 Å².